The summed E-state index contributed by atoms with van der Waals surface area (Å²) in [5, 5.41) is 2.54. The number of carbonyl (C=O) groups is 1. The highest BCUT2D eigenvalue weighted by Gasteiger charge is 2.24. The van der Waals surface area contributed by atoms with E-state index in [-0.39, 0.29) is 9.79 Å². The lowest BCUT2D eigenvalue weighted by atomic mass is 10.0. The van der Waals surface area contributed by atoms with Gasteiger partial charge in [0.1, 0.15) is 0 Å². The Bertz CT molecular complexity index is 1100. The third-order valence-electron chi connectivity index (χ3n) is 3.91. The van der Waals surface area contributed by atoms with E-state index >= 15 is 0 Å². The summed E-state index contributed by atoms with van der Waals surface area (Å²) < 4.78 is 51.7. The van der Waals surface area contributed by atoms with Gasteiger partial charge in [0.2, 0.25) is 0 Å². The molecule has 0 aliphatic carbocycles. The summed E-state index contributed by atoms with van der Waals surface area (Å²) in [6, 6.07) is 11.2. The van der Waals surface area contributed by atoms with Gasteiger partial charge in [-0.3, -0.25) is 4.79 Å². The number of nitrogens with one attached hydrogen (secondary N) is 2. The van der Waals surface area contributed by atoms with Crippen LogP contribution in [0.15, 0.2) is 70.5 Å². The first kappa shape index (κ1) is 22.8. The van der Waals surface area contributed by atoms with Gasteiger partial charge in [0.05, 0.1) is 9.79 Å². The van der Waals surface area contributed by atoms with Crippen LogP contribution in [0.4, 0.5) is 5.69 Å². The van der Waals surface area contributed by atoms with Crippen molar-refractivity contribution in [1.29, 1.82) is 0 Å². The maximum absolute atomic E-state index is 12.5. The van der Waals surface area contributed by atoms with Crippen LogP contribution in [0.5, 0.6) is 0 Å². The van der Waals surface area contributed by atoms with Crippen molar-refractivity contribution in [2.75, 3.05) is 5.32 Å². The fourth-order valence-corrected chi connectivity index (χ4v) is 5.39. The van der Waals surface area contributed by atoms with Crippen molar-refractivity contribution in [2.24, 2.45) is 5.92 Å². The molecule has 29 heavy (non-hydrogen) atoms. The van der Waals surface area contributed by atoms with E-state index in [0.717, 1.165) is 12.0 Å². The van der Waals surface area contributed by atoms with Gasteiger partial charge in [0.25, 0.3) is 26.0 Å². The predicted molar refractivity (Wildman–Crippen MR) is 112 cm³/mol. The van der Waals surface area contributed by atoms with E-state index in [1.165, 1.54) is 43.3 Å². The molecular weight excluding hydrogens is 412 g/mol. The van der Waals surface area contributed by atoms with Crippen LogP contribution in [0, 0.1) is 5.92 Å². The van der Waals surface area contributed by atoms with Gasteiger partial charge in [-0.15, -0.1) is 4.13 Å². The lowest BCUT2D eigenvalue weighted by molar-refractivity contribution is -0.112. The van der Waals surface area contributed by atoms with Gasteiger partial charge >= 0.3 is 0 Å². The number of carbonyl (C=O) groups excluding carboxylic acids is 1. The highest BCUT2D eigenvalue weighted by atomic mass is 32.3. The van der Waals surface area contributed by atoms with Gasteiger partial charge in [-0.1, -0.05) is 32.6 Å². The molecule has 0 heterocycles. The van der Waals surface area contributed by atoms with Crippen LogP contribution < -0.4 is 9.44 Å². The van der Waals surface area contributed by atoms with Crippen LogP contribution in [0.1, 0.15) is 26.3 Å². The monoisotopic (exact) mass is 436 g/mol. The van der Waals surface area contributed by atoms with Gasteiger partial charge in [0.15, 0.2) is 0 Å². The number of sulfonamides is 2. The van der Waals surface area contributed by atoms with Crippen LogP contribution in [0.25, 0.3) is 0 Å². The molecule has 2 aromatic carbocycles. The first-order valence-corrected chi connectivity index (χ1v) is 11.8. The number of anilines is 1. The van der Waals surface area contributed by atoms with Crippen LogP contribution in [0.3, 0.4) is 0 Å². The first-order chi connectivity index (χ1) is 13.4. The maximum Gasteiger partial charge on any atom is 0.253 e. The average molecular weight is 437 g/mol. The van der Waals surface area contributed by atoms with Crippen molar-refractivity contribution in [2.45, 2.75) is 37.0 Å². The number of hydrogen-bond donors (Lipinski definition) is 2. The van der Waals surface area contributed by atoms with E-state index in [0.29, 0.717) is 17.2 Å². The normalized spacial score (nSPS) is 12.0. The molecule has 2 aromatic rings. The molecule has 2 rings (SSSR count). The zero-order valence-corrected chi connectivity index (χ0v) is 18.1. The molecular formula is C20H24N2O5S2. The number of benzene rings is 2. The molecule has 1 amide bonds. The molecule has 0 bridgehead atoms. The lowest BCUT2D eigenvalue weighted by Crippen LogP contribution is -2.30. The standard InChI is InChI=1S/C20H24N2O5S2/c1-14(2)13-16-5-9-18(10-6-16)28(24,25)22-29(26,27)19-11-7-17(8-12-19)21-20(23)15(3)4/h5-12,14,22H,3,13H2,1-2,4H3,(H,21,23). The Kier molecular flexibility index (Phi) is 6.99. The van der Waals surface area contributed by atoms with Crippen molar-refractivity contribution in [3.63, 3.8) is 0 Å². The Labute approximate surface area is 172 Å². The fraction of sp³-hybridized carbons (Fsp3) is 0.250. The Morgan fingerprint density at radius 2 is 1.34 bits per heavy atom. The predicted octanol–water partition coefficient (Wildman–Crippen LogP) is 3.07. The van der Waals surface area contributed by atoms with Crippen molar-refractivity contribution in [3.05, 3.63) is 66.2 Å². The summed E-state index contributed by atoms with van der Waals surface area (Å²) in [5.74, 6) is 0.0151. The van der Waals surface area contributed by atoms with Gasteiger partial charge in [-0.2, -0.15) is 0 Å². The average Bonchev–Trinajstić information content (AvgIpc) is 2.61. The topological polar surface area (TPSA) is 109 Å². The Balaban J connectivity index is 2.18. The van der Waals surface area contributed by atoms with Gasteiger partial charge < -0.3 is 5.32 Å². The zero-order chi connectivity index (χ0) is 21.8. The summed E-state index contributed by atoms with van der Waals surface area (Å²) in [5.41, 5.74) is 1.63. The molecule has 0 aromatic heterocycles. The second-order valence-corrected chi connectivity index (χ2v) is 10.7. The van der Waals surface area contributed by atoms with Gasteiger partial charge in [-0.25, -0.2) is 16.8 Å². The van der Waals surface area contributed by atoms with Crippen LogP contribution in [-0.4, -0.2) is 22.7 Å². The highest BCUT2D eigenvalue weighted by molar-refractivity contribution is 8.04. The quantitative estimate of drug-likeness (QED) is 0.618. The summed E-state index contributed by atoms with van der Waals surface area (Å²) in [7, 11) is -8.60. The largest absolute Gasteiger partial charge is 0.322 e. The maximum atomic E-state index is 12.5. The molecule has 2 N–H and O–H groups in total. The van der Waals surface area contributed by atoms with Gasteiger partial charge in [0, 0.05) is 11.3 Å². The molecule has 0 saturated carbocycles. The molecule has 0 aliphatic rings. The third kappa shape index (κ3) is 6.25. The fourth-order valence-electron chi connectivity index (χ4n) is 2.47. The molecule has 9 heteroatoms. The van der Waals surface area contributed by atoms with E-state index in [2.05, 4.69) is 11.9 Å². The number of rotatable bonds is 8. The van der Waals surface area contributed by atoms with E-state index in [1.54, 1.807) is 16.3 Å². The molecule has 7 nitrogen and oxygen atoms in total. The summed E-state index contributed by atoms with van der Waals surface area (Å²) in [4.78, 5) is 11.2. The molecule has 0 radical (unpaired) electrons. The van der Waals surface area contributed by atoms with Crippen molar-refractivity contribution < 1.29 is 21.6 Å². The van der Waals surface area contributed by atoms with Crippen LogP contribution >= 0.6 is 0 Å². The Hall–Kier alpha value is -2.49. The number of amides is 1. The van der Waals surface area contributed by atoms with E-state index < -0.39 is 26.0 Å². The van der Waals surface area contributed by atoms with Crippen molar-refractivity contribution >= 4 is 31.6 Å². The minimum atomic E-state index is -4.33. The van der Waals surface area contributed by atoms with Crippen molar-refractivity contribution in [1.82, 2.24) is 4.13 Å². The second kappa shape index (κ2) is 8.89. The summed E-state index contributed by atoms with van der Waals surface area (Å²) in [6.45, 7) is 9.15. The molecule has 0 fully saturated rings. The molecule has 0 saturated heterocycles. The molecule has 0 atom stereocenters. The lowest BCUT2D eigenvalue weighted by Gasteiger charge is -2.10. The molecule has 0 aliphatic heterocycles. The second-order valence-electron chi connectivity index (χ2n) is 7.09. The Morgan fingerprint density at radius 1 is 0.897 bits per heavy atom. The smallest absolute Gasteiger partial charge is 0.253 e. The van der Waals surface area contributed by atoms with E-state index in [1.807, 2.05) is 13.8 Å². The first-order valence-electron chi connectivity index (χ1n) is 8.85. The summed E-state index contributed by atoms with van der Waals surface area (Å²) in [6.07, 6.45) is 0.792. The Morgan fingerprint density at radius 3 is 1.76 bits per heavy atom. The van der Waals surface area contributed by atoms with E-state index in [9.17, 15) is 21.6 Å². The van der Waals surface area contributed by atoms with Crippen LogP contribution in [-0.2, 0) is 31.3 Å². The molecule has 0 spiro atoms. The highest BCUT2D eigenvalue weighted by Crippen LogP contribution is 2.18. The zero-order valence-electron chi connectivity index (χ0n) is 16.5. The molecule has 0 unspecified atom stereocenters. The molecule has 156 valence electrons. The van der Waals surface area contributed by atoms with Crippen LogP contribution in [0.2, 0.25) is 0 Å². The minimum absolute atomic E-state index is 0.140. The summed E-state index contributed by atoms with van der Waals surface area (Å²) >= 11 is 0. The van der Waals surface area contributed by atoms with E-state index in [4.69, 9.17) is 0 Å². The number of hydrogen-bond acceptors (Lipinski definition) is 5. The van der Waals surface area contributed by atoms with Gasteiger partial charge in [-0.05, 0) is 61.2 Å². The third-order valence-corrected chi connectivity index (χ3v) is 7.45. The SMILES string of the molecule is C=C(C)C(=O)Nc1ccc(S(=O)(=O)NS(=O)(=O)c2ccc(CC(C)C)cc2)cc1. The van der Waals surface area contributed by atoms with Crippen molar-refractivity contribution in [3.8, 4) is 0 Å². The minimum Gasteiger partial charge on any atom is -0.322 e.